The van der Waals surface area contributed by atoms with Crippen molar-refractivity contribution >= 4 is 5.97 Å². The zero-order valence-electron chi connectivity index (χ0n) is 12.1. The highest BCUT2D eigenvalue weighted by atomic mass is 16.7. The summed E-state index contributed by atoms with van der Waals surface area (Å²) >= 11 is 0. The number of ether oxygens (including phenoxy) is 3. The molecular formula is C15H19NO5. The van der Waals surface area contributed by atoms with E-state index in [0.717, 1.165) is 17.1 Å². The number of carboxylic acid groups (broad SMARTS) is 1. The van der Waals surface area contributed by atoms with Gasteiger partial charge in [-0.05, 0) is 31.7 Å². The average Bonchev–Trinajstić information content (AvgIpc) is 3.13. The average molecular weight is 293 g/mol. The molecule has 0 radical (unpaired) electrons. The molecule has 6 heteroatoms. The molecule has 3 rings (SSSR count). The normalized spacial score (nSPS) is 25.3. The van der Waals surface area contributed by atoms with Crippen LogP contribution in [0.15, 0.2) is 18.2 Å². The molecule has 2 aliphatic rings. The molecule has 21 heavy (non-hydrogen) atoms. The van der Waals surface area contributed by atoms with Crippen molar-refractivity contribution in [2.75, 3.05) is 27.1 Å². The van der Waals surface area contributed by atoms with E-state index in [9.17, 15) is 9.90 Å². The fraction of sp³-hybridized carbons (Fsp3) is 0.533. The van der Waals surface area contributed by atoms with Crippen LogP contribution in [0.2, 0.25) is 0 Å². The van der Waals surface area contributed by atoms with Crippen molar-refractivity contribution in [1.82, 2.24) is 4.90 Å². The van der Waals surface area contributed by atoms with Crippen LogP contribution in [0.4, 0.5) is 0 Å². The molecule has 1 fully saturated rings. The Morgan fingerprint density at radius 2 is 2.10 bits per heavy atom. The highest BCUT2D eigenvalue weighted by Gasteiger charge is 2.38. The lowest BCUT2D eigenvalue weighted by Crippen LogP contribution is -2.42. The fourth-order valence-electron chi connectivity index (χ4n) is 2.88. The number of fused-ring (bicyclic) bond motifs is 1. The number of hydrogen-bond acceptors (Lipinski definition) is 5. The minimum Gasteiger partial charge on any atom is -0.481 e. The van der Waals surface area contributed by atoms with Gasteiger partial charge in [0, 0.05) is 12.1 Å². The predicted molar refractivity (Wildman–Crippen MR) is 74.5 cm³/mol. The molecule has 6 nitrogen and oxygen atoms in total. The van der Waals surface area contributed by atoms with Gasteiger partial charge in [0.2, 0.25) is 6.79 Å². The van der Waals surface area contributed by atoms with Gasteiger partial charge in [0.1, 0.15) is 0 Å². The lowest BCUT2D eigenvalue weighted by Gasteiger charge is -2.32. The highest BCUT2D eigenvalue weighted by Crippen LogP contribution is 2.36. The van der Waals surface area contributed by atoms with Gasteiger partial charge < -0.3 is 19.3 Å². The van der Waals surface area contributed by atoms with E-state index in [-0.39, 0.29) is 25.5 Å². The van der Waals surface area contributed by atoms with Crippen LogP contribution < -0.4 is 9.47 Å². The van der Waals surface area contributed by atoms with Crippen LogP contribution in [-0.2, 0) is 9.53 Å². The first-order valence-electron chi connectivity index (χ1n) is 7.00. The van der Waals surface area contributed by atoms with Crippen molar-refractivity contribution in [1.29, 1.82) is 0 Å². The fourth-order valence-corrected chi connectivity index (χ4v) is 2.88. The zero-order valence-corrected chi connectivity index (χ0v) is 12.1. The lowest BCUT2D eigenvalue weighted by atomic mass is 9.99. The summed E-state index contributed by atoms with van der Waals surface area (Å²) in [5, 5.41) is 9.27. The predicted octanol–water partition coefficient (Wildman–Crippen LogP) is 1.51. The summed E-state index contributed by atoms with van der Waals surface area (Å²) < 4.78 is 16.0. The van der Waals surface area contributed by atoms with Crippen molar-refractivity contribution in [3.8, 4) is 11.5 Å². The number of rotatable bonds is 4. The van der Waals surface area contributed by atoms with Crippen LogP contribution in [0.3, 0.4) is 0 Å². The Morgan fingerprint density at radius 3 is 2.86 bits per heavy atom. The summed E-state index contributed by atoms with van der Waals surface area (Å²) in [7, 11) is 1.94. The first-order chi connectivity index (χ1) is 10.1. The molecule has 1 aromatic carbocycles. The van der Waals surface area contributed by atoms with Crippen molar-refractivity contribution in [2.45, 2.75) is 19.0 Å². The molecule has 0 spiro atoms. The quantitative estimate of drug-likeness (QED) is 0.907. The zero-order chi connectivity index (χ0) is 15.0. The molecule has 3 unspecified atom stereocenters. The molecular weight excluding hydrogens is 274 g/mol. The molecule has 3 atom stereocenters. The van der Waals surface area contributed by atoms with Gasteiger partial charge >= 0.3 is 5.97 Å². The number of likely N-dealkylation sites (N-methyl/N-ethyl adjacent to an activating group) is 1. The third kappa shape index (κ3) is 2.56. The molecule has 0 amide bonds. The monoisotopic (exact) mass is 293 g/mol. The molecule has 0 bridgehead atoms. The van der Waals surface area contributed by atoms with Gasteiger partial charge in [-0.15, -0.1) is 0 Å². The maximum absolute atomic E-state index is 11.3. The topological polar surface area (TPSA) is 68.2 Å². The standard InChI is InChI=1S/C15H19NO5/c1-9(10-3-4-13-14(5-10)21-8-20-13)16(2)12-7-19-6-11(12)15(17)18/h3-5,9,11-12H,6-8H2,1-2H3,(H,17,18). The van der Waals surface area contributed by atoms with Gasteiger partial charge in [0.25, 0.3) is 0 Å². The maximum atomic E-state index is 11.3. The van der Waals surface area contributed by atoms with Crippen molar-refractivity contribution < 1.29 is 24.1 Å². The van der Waals surface area contributed by atoms with Gasteiger partial charge in [0.15, 0.2) is 11.5 Å². The SMILES string of the molecule is CC(c1ccc2c(c1)OCO2)N(C)C1COCC1C(=O)O. The Hall–Kier alpha value is -1.79. The van der Waals surface area contributed by atoms with E-state index < -0.39 is 11.9 Å². The van der Waals surface area contributed by atoms with E-state index in [1.54, 1.807) is 0 Å². The molecule has 1 N–H and O–H groups in total. The third-order valence-corrected chi connectivity index (χ3v) is 4.38. The molecule has 0 saturated carbocycles. The van der Waals surface area contributed by atoms with Crippen LogP contribution >= 0.6 is 0 Å². The van der Waals surface area contributed by atoms with Gasteiger partial charge in [-0.1, -0.05) is 6.07 Å². The van der Waals surface area contributed by atoms with Gasteiger partial charge in [-0.25, -0.2) is 0 Å². The molecule has 2 heterocycles. The van der Waals surface area contributed by atoms with Gasteiger partial charge in [-0.2, -0.15) is 0 Å². The van der Waals surface area contributed by atoms with Crippen LogP contribution in [0.1, 0.15) is 18.5 Å². The molecule has 0 aliphatic carbocycles. The minimum atomic E-state index is -0.803. The second kappa shape index (κ2) is 5.54. The van der Waals surface area contributed by atoms with Crippen LogP contribution in [0, 0.1) is 5.92 Å². The Kier molecular flexibility index (Phi) is 3.73. The molecule has 114 valence electrons. The third-order valence-electron chi connectivity index (χ3n) is 4.38. The number of nitrogens with zero attached hydrogens (tertiary/aromatic N) is 1. The first kappa shape index (κ1) is 14.2. The van der Waals surface area contributed by atoms with Crippen LogP contribution in [-0.4, -0.2) is 49.1 Å². The maximum Gasteiger partial charge on any atom is 0.310 e. The van der Waals surface area contributed by atoms with E-state index in [0.29, 0.717) is 6.61 Å². The second-order valence-electron chi connectivity index (χ2n) is 5.50. The van der Waals surface area contributed by atoms with E-state index in [4.69, 9.17) is 14.2 Å². The molecule has 1 saturated heterocycles. The second-order valence-corrected chi connectivity index (χ2v) is 5.50. The Bertz CT molecular complexity index is 547. The van der Waals surface area contributed by atoms with E-state index in [2.05, 4.69) is 11.8 Å². The lowest BCUT2D eigenvalue weighted by molar-refractivity contribution is -0.143. The van der Waals surface area contributed by atoms with Gasteiger partial charge in [0.05, 0.1) is 19.1 Å². The van der Waals surface area contributed by atoms with E-state index >= 15 is 0 Å². The number of benzene rings is 1. The number of carboxylic acids is 1. The van der Waals surface area contributed by atoms with Crippen molar-refractivity contribution in [3.05, 3.63) is 23.8 Å². The summed E-state index contributed by atoms with van der Waals surface area (Å²) in [4.78, 5) is 13.3. The van der Waals surface area contributed by atoms with Crippen molar-refractivity contribution in [2.24, 2.45) is 5.92 Å². The van der Waals surface area contributed by atoms with E-state index in [1.807, 2.05) is 25.2 Å². The Labute approximate surface area is 123 Å². The van der Waals surface area contributed by atoms with Crippen molar-refractivity contribution in [3.63, 3.8) is 0 Å². The number of carbonyl (C=O) groups is 1. The van der Waals surface area contributed by atoms with Crippen LogP contribution in [0.5, 0.6) is 11.5 Å². The number of hydrogen-bond donors (Lipinski definition) is 1. The van der Waals surface area contributed by atoms with E-state index in [1.165, 1.54) is 0 Å². The summed E-state index contributed by atoms with van der Waals surface area (Å²) in [6, 6.07) is 5.77. The summed E-state index contributed by atoms with van der Waals surface area (Å²) in [5.74, 6) is 0.208. The molecule has 0 aromatic heterocycles. The van der Waals surface area contributed by atoms with Gasteiger partial charge in [-0.3, -0.25) is 9.69 Å². The summed E-state index contributed by atoms with van der Waals surface area (Å²) in [5.41, 5.74) is 1.07. The summed E-state index contributed by atoms with van der Waals surface area (Å²) in [6.45, 7) is 3.02. The molecule has 2 aliphatic heterocycles. The molecule has 1 aromatic rings. The summed E-state index contributed by atoms with van der Waals surface area (Å²) in [6.07, 6.45) is 0. The first-order valence-corrected chi connectivity index (χ1v) is 7.00. The van der Waals surface area contributed by atoms with Crippen LogP contribution in [0.25, 0.3) is 0 Å². The Balaban J connectivity index is 1.78. The Morgan fingerprint density at radius 1 is 1.33 bits per heavy atom. The number of aliphatic carboxylic acids is 1. The smallest absolute Gasteiger partial charge is 0.310 e. The minimum absolute atomic E-state index is 0.0630. The largest absolute Gasteiger partial charge is 0.481 e. The highest BCUT2D eigenvalue weighted by molar-refractivity contribution is 5.71.